The van der Waals surface area contributed by atoms with Gasteiger partial charge in [0, 0.05) is 19.2 Å². The van der Waals surface area contributed by atoms with Crippen LogP contribution in [0.2, 0.25) is 5.28 Å². The van der Waals surface area contributed by atoms with Gasteiger partial charge in [0.15, 0.2) is 0 Å². The van der Waals surface area contributed by atoms with E-state index in [2.05, 4.69) is 38.6 Å². The van der Waals surface area contributed by atoms with Crippen LogP contribution in [-0.2, 0) is 16.0 Å². The number of para-hydroxylation sites is 1. The van der Waals surface area contributed by atoms with E-state index in [1.54, 1.807) is 12.0 Å². The van der Waals surface area contributed by atoms with Crippen molar-refractivity contribution in [3.05, 3.63) is 34.6 Å². The number of aromatic nitrogens is 3. The topological polar surface area (TPSA) is 92.3 Å². The lowest BCUT2D eigenvalue weighted by Crippen LogP contribution is -2.43. The van der Waals surface area contributed by atoms with Crippen molar-refractivity contribution in [3.63, 3.8) is 0 Å². The Labute approximate surface area is 213 Å². The minimum atomic E-state index is -0.0878. The Morgan fingerprint density at radius 3 is 2.06 bits per heavy atom. The van der Waals surface area contributed by atoms with Gasteiger partial charge >= 0.3 is 0 Å². The number of hydrogen-bond acceptors (Lipinski definition) is 7. The summed E-state index contributed by atoms with van der Waals surface area (Å²) in [6, 6.07) is 6.56. The van der Waals surface area contributed by atoms with E-state index in [0.717, 1.165) is 23.2 Å². The van der Waals surface area contributed by atoms with E-state index in [1.165, 1.54) is 0 Å². The van der Waals surface area contributed by atoms with E-state index in [1.807, 2.05) is 53.7 Å². The van der Waals surface area contributed by atoms with E-state index < -0.39 is 0 Å². The van der Waals surface area contributed by atoms with Crippen LogP contribution in [0, 0.1) is 6.92 Å². The Bertz CT molecular complexity index is 883. The summed E-state index contributed by atoms with van der Waals surface area (Å²) in [4.78, 5) is 26.1. The molecule has 0 fully saturated rings. The number of aryl methyl sites for hydroxylation is 2. The molecule has 1 atom stereocenters. The van der Waals surface area contributed by atoms with Crippen LogP contribution < -0.4 is 15.5 Å². The molecule has 2 aromatic rings. The van der Waals surface area contributed by atoms with Gasteiger partial charge in [0.05, 0.1) is 18.3 Å². The molecule has 0 aliphatic heterocycles. The van der Waals surface area contributed by atoms with Gasteiger partial charge in [-0.2, -0.15) is 15.0 Å². The molecule has 8 nitrogen and oxygen atoms in total. The van der Waals surface area contributed by atoms with E-state index in [9.17, 15) is 4.79 Å². The standard InChI is InChI=1S/C15H22ClNO2.C9H16ClN5/c1-5-13-8-6-7-11(2)15(13)17(14(18)9-16)12(3)10-19-4;1-5(2)11-8-13-7(10)14-9(15-8)12-6(3)4/h6-8,12H,5,9-10H2,1-4H3;5-6H,1-4H3,(H2,11,12,13,14,15). The predicted octanol–water partition coefficient (Wildman–Crippen LogP) is 5.33. The molecule has 0 saturated carbocycles. The second-order valence-corrected chi connectivity index (χ2v) is 9.09. The first-order chi connectivity index (χ1) is 16.0. The third-order valence-corrected chi connectivity index (χ3v) is 5.02. The zero-order chi connectivity index (χ0) is 25.8. The van der Waals surface area contributed by atoms with Gasteiger partial charge in [-0.3, -0.25) is 4.79 Å². The lowest BCUT2D eigenvalue weighted by atomic mass is 10.0. The molecule has 2 N–H and O–H groups in total. The van der Waals surface area contributed by atoms with Crippen molar-refractivity contribution >= 4 is 46.7 Å². The fourth-order valence-corrected chi connectivity index (χ4v) is 3.61. The summed E-state index contributed by atoms with van der Waals surface area (Å²) in [5.74, 6) is 0.877. The third kappa shape index (κ3) is 9.60. The van der Waals surface area contributed by atoms with Crippen molar-refractivity contribution in [1.29, 1.82) is 0 Å². The first kappa shape index (κ1) is 29.9. The smallest absolute Gasteiger partial charge is 0.242 e. The van der Waals surface area contributed by atoms with Gasteiger partial charge in [-0.15, -0.1) is 11.6 Å². The van der Waals surface area contributed by atoms with Crippen molar-refractivity contribution < 1.29 is 9.53 Å². The van der Waals surface area contributed by atoms with E-state index >= 15 is 0 Å². The van der Waals surface area contributed by atoms with E-state index in [0.29, 0.717) is 18.5 Å². The molecule has 1 heterocycles. The van der Waals surface area contributed by atoms with Crippen LogP contribution >= 0.6 is 23.2 Å². The lowest BCUT2D eigenvalue weighted by Gasteiger charge is -2.31. The molecule has 0 aliphatic carbocycles. The summed E-state index contributed by atoms with van der Waals surface area (Å²) in [5.41, 5.74) is 3.21. The second-order valence-electron chi connectivity index (χ2n) is 8.49. The summed E-state index contributed by atoms with van der Waals surface area (Å²) in [6.45, 7) is 14.6. The van der Waals surface area contributed by atoms with Gasteiger partial charge in [-0.1, -0.05) is 25.1 Å². The van der Waals surface area contributed by atoms with Crippen LogP contribution in [0.5, 0.6) is 0 Å². The fourth-order valence-electron chi connectivity index (χ4n) is 3.32. The number of alkyl halides is 1. The largest absolute Gasteiger partial charge is 0.383 e. The molecule has 1 unspecified atom stereocenters. The molecule has 0 aliphatic rings. The molecule has 1 aromatic carbocycles. The number of benzene rings is 1. The fraction of sp³-hybridized carbons (Fsp3) is 0.583. The van der Waals surface area contributed by atoms with Crippen molar-refractivity contribution in [1.82, 2.24) is 15.0 Å². The summed E-state index contributed by atoms with van der Waals surface area (Å²) < 4.78 is 5.18. The average molecular weight is 514 g/mol. The molecule has 0 spiro atoms. The van der Waals surface area contributed by atoms with Gasteiger partial charge in [0.1, 0.15) is 5.88 Å². The number of methoxy groups -OCH3 is 1. The molecule has 0 bridgehead atoms. The number of hydrogen-bond donors (Lipinski definition) is 2. The van der Waals surface area contributed by atoms with Gasteiger partial charge in [0.2, 0.25) is 23.1 Å². The number of amides is 1. The summed E-state index contributed by atoms with van der Waals surface area (Å²) in [5, 5.41) is 6.34. The predicted molar refractivity (Wildman–Crippen MR) is 142 cm³/mol. The Morgan fingerprint density at radius 1 is 1.06 bits per heavy atom. The number of anilines is 3. The van der Waals surface area contributed by atoms with Gasteiger partial charge in [0.25, 0.3) is 0 Å². The highest BCUT2D eigenvalue weighted by Gasteiger charge is 2.24. The Morgan fingerprint density at radius 2 is 1.62 bits per heavy atom. The molecule has 10 heteroatoms. The molecular formula is C24H38Cl2N6O2. The first-order valence-corrected chi connectivity index (χ1v) is 12.3. The maximum Gasteiger partial charge on any atom is 0.242 e. The number of nitrogens with zero attached hydrogens (tertiary/aromatic N) is 4. The minimum Gasteiger partial charge on any atom is -0.383 e. The first-order valence-electron chi connectivity index (χ1n) is 11.4. The lowest BCUT2D eigenvalue weighted by molar-refractivity contribution is -0.116. The van der Waals surface area contributed by atoms with E-state index in [4.69, 9.17) is 27.9 Å². The minimum absolute atomic E-state index is 0.0223. The second kappa shape index (κ2) is 15.0. The molecule has 1 aromatic heterocycles. The van der Waals surface area contributed by atoms with Crippen LogP contribution in [0.3, 0.4) is 0 Å². The molecule has 0 radical (unpaired) electrons. The molecule has 0 saturated heterocycles. The van der Waals surface area contributed by atoms with Gasteiger partial charge in [-0.05, 0) is 70.7 Å². The summed E-state index contributed by atoms with van der Waals surface area (Å²) in [6.07, 6.45) is 0.878. The number of nitrogens with one attached hydrogen (secondary N) is 2. The Kier molecular flexibility index (Phi) is 13.1. The highest BCUT2D eigenvalue weighted by atomic mass is 35.5. The monoisotopic (exact) mass is 512 g/mol. The van der Waals surface area contributed by atoms with Crippen LogP contribution in [0.25, 0.3) is 0 Å². The van der Waals surface area contributed by atoms with E-state index in [-0.39, 0.29) is 35.2 Å². The normalized spacial score (nSPS) is 11.6. The van der Waals surface area contributed by atoms with Crippen LogP contribution in [0.4, 0.5) is 17.6 Å². The van der Waals surface area contributed by atoms with Gasteiger partial charge < -0.3 is 20.3 Å². The van der Waals surface area contributed by atoms with Crippen molar-refractivity contribution in [2.24, 2.45) is 0 Å². The highest BCUT2D eigenvalue weighted by molar-refractivity contribution is 6.29. The Balaban J connectivity index is 0.000000350. The molecule has 2 rings (SSSR count). The number of carbonyl (C=O) groups excluding carboxylic acids is 1. The van der Waals surface area contributed by atoms with Crippen LogP contribution in [0.1, 0.15) is 52.7 Å². The van der Waals surface area contributed by atoms with Crippen molar-refractivity contribution in [2.45, 2.75) is 73.0 Å². The number of ether oxygens (including phenoxy) is 1. The average Bonchev–Trinajstić information content (AvgIpc) is 2.74. The maximum absolute atomic E-state index is 12.2. The molecule has 1 amide bonds. The van der Waals surface area contributed by atoms with Crippen LogP contribution in [-0.4, -0.2) is 58.6 Å². The Hall–Kier alpha value is -2.16. The number of rotatable bonds is 10. The zero-order valence-electron chi connectivity index (χ0n) is 21.4. The number of halogens is 2. The zero-order valence-corrected chi connectivity index (χ0v) is 23.0. The van der Waals surface area contributed by atoms with Crippen molar-refractivity contribution in [3.8, 4) is 0 Å². The molecular weight excluding hydrogens is 475 g/mol. The SMILES string of the molecule is CC(C)Nc1nc(Cl)nc(NC(C)C)n1.CCc1cccc(C)c1N(C(=O)CCl)C(C)COC. The third-order valence-electron chi connectivity index (χ3n) is 4.62. The molecule has 34 heavy (non-hydrogen) atoms. The van der Waals surface area contributed by atoms with Gasteiger partial charge in [-0.25, -0.2) is 0 Å². The van der Waals surface area contributed by atoms with Crippen LogP contribution in [0.15, 0.2) is 18.2 Å². The summed E-state index contributed by atoms with van der Waals surface area (Å²) >= 11 is 11.5. The molecule has 190 valence electrons. The number of carbonyl (C=O) groups is 1. The highest BCUT2D eigenvalue weighted by Crippen LogP contribution is 2.28. The quantitative estimate of drug-likeness (QED) is 0.415. The van der Waals surface area contributed by atoms with Crippen molar-refractivity contribution in [2.75, 3.05) is 35.1 Å². The maximum atomic E-state index is 12.2. The summed E-state index contributed by atoms with van der Waals surface area (Å²) in [7, 11) is 1.64.